The maximum Gasteiger partial charge on any atom is 0.223 e. The Morgan fingerprint density at radius 3 is 2.50 bits per heavy atom. The van der Waals surface area contributed by atoms with Gasteiger partial charge in [0.2, 0.25) is 5.91 Å². The van der Waals surface area contributed by atoms with Crippen LogP contribution in [0.25, 0.3) is 0 Å². The monoisotopic (exact) mass is 367 g/mol. The lowest BCUT2D eigenvalue weighted by molar-refractivity contribution is -0.132. The quantitative estimate of drug-likeness (QED) is 0.883. The van der Waals surface area contributed by atoms with Gasteiger partial charge in [0.25, 0.3) is 0 Å². The number of hydrogen-bond acceptors (Lipinski definition) is 4. The predicted molar refractivity (Wildman–Crippen MR) is 97.2 cm³/mol. The Kier molecular flexibility index (Phi) is 8.91. The molecule has 4 nitrogen and oxygen atoms in total. The predicted octanol–water partition coefficient (Wildman–Crippen LogP) is 3.64. The third kappa shape index (κ3) is 4.82. The smallest absolute Gasteiger partial charge is 0.223 e. The molecule has 1 aromatic rings. The van der Waals surface area contributed by atoms with E-state index in [9.17, 15) is 4.79 Å². The minimum absolute atomic E-state index is 0. The molecule has 1 amide bonds. The highest BCUT2D eigenvalue weighted by molar-refractivity contribution is 7.11. The summed E-state index contributed by atoms with van der Waals surface area (Å²) in [6, 6.07) is 0.293. The molecule has 1 fully saturated rings. The summed E-state index contributed by atoms with van der Waals surface area (Å²) in [5.74, 6) is 0.562. The van der Waals surface area contributed by atoms with Crippen molar-refractivity contribution in [3.05, 3.63) is 15.6 Å². The third-order valence-electron chi connectivity index (χ3n) is 4.45. The molecule has 3 atom stereocenters. The molecule has 2 rings (SSSR count). The Hall–Kier alpha value is -0.360. The van der Waals surface area contributed by atoms with E-state index in [0.29, 0.717) is 12.3 Å². The van der Waals surface area contributed by atoms with Crippen molar-refractivity contribution in [3.8, 4) is 0 Å². The maximum atomic E-state index is 12.4. The fraction of sp³-hybridized carbons (Fsp3) is 0.733. The molecule has 7 heteroatoms. The zero-order valence-electron chi connectivity index (χ0n) is 13.7. The van der Waals surface area contributed by atoms with E-state index >= 15 is 0 Å². The van der Waals surface area contributed by atoms with E-state index in [4.69, 9.17) is 5.73 Å². The number of halogens is 2. The Labute approximate surface area is 149 Å². The van der Waals surface area contributed by atoms with Crippen LogP contribution in [0.4, 0.5) is 0 Å². The Morgan fingerprint density at radius 1 is 1.41 bits per heavy atom. The number of nitrogens with zero attached hydrogens (tertiary/aromatic N) is 2. The van der Waals surface area contributed by atoms with E-state index in [2.05, 4.69) is 11.9 Å². The summed E-state index contributed by atoms with van der Waals surface area (Å²) in [7, 11) is 1.89. The molecular formula is C15H27Cl2N3OS. The number of carbonyl (C=O) groups excluding carboxylic acids is 1. The highest BCUT2D eigenvalue weighted by atomic mass is 35.5. The molecule has 1 heterocycles. The zero-order chi connectivity index (χ0) is 14.9. The zero-order valence-corrected chi connectivity index (χ0v) is 16.1. The molecule has 0 bridgehead atoms. The summed E-state index contributed by atoms with van der Waals surface area (Å²) in [6.45, 7) is 6.10. The average Bonchev–Trinajstić information content (AvgIpc) is 2.94. The van der Waals surface area contributed by atoms with Gasteiger partial charge >= 0.3 is 0 Å². The second-order valence-corrected chi connectivity index (χ2v) is 7.16. The van der Waals surface area contributed by atoms with Gasteiger partial charge in [-0.15, -0.1) is 36.2 Å². The van der Waals surface area contributed by atoms with Crippen LogP contribution < -0.4 is 5.73 Å². The summed E-state index contributed by atoms with van der Waals surface area (Å²) < 4.78 is 0. The number of carbonyl (C=O) groups is 1. The van der Waals surface area contributed by atoms with Crippen LogP contribution in [0, 0.1) is 19.8 Å². The van der Waals surface area contributed by atoms with Crippen molar-refractivity contribution in [2.24, 2.45) is 11.7 Å². The van der Waals surface area contributed by atoms with Crippen LogP contribution in [0.5, 0.6) is 0 Å². The topological polar surface area (TPSA) is 59.2 Å². The number of nitrogens with two attached hydrogens (primary N) is 1. The van der Waals surface area contributed by atoms with E-state index in [1.54, 1.807) is 11.3 Å². The number of aryl methyl sites for hydroxylation is 2. The van der Waals surface area contributed by atoms with Crippen molar-refractivity contribution in [2.45, 2.75) is 58.5 Å². The Morgan fingerprint density at radius 2 is 2.05 bits per heavy atom. The molecule has 0 aliphatic heterocycles. The Bertz CT molecular complexity index is 495. The van der Waals surface area contributed by atoms with Gasteiger partial charge in [-0.25, -0.2) is 4.98 Å². The lowest BCUT2D eigenvalue weighted by Crippen LogP contribution is -2.34. The number of aromatic nitrogens is 1. The first-order valence-electron chi connectivity index (χ1n) is 7.35. The summed E-state index contributed by atoms with van der Waals surface area (Å²) in [6.07, 6.45) is 3.89. The Balaban J connectivity index is 0.00000220. The maximum absolute atomic E-state index is 12.4. The van der Waals surface area contributed by atoms with Crippen molar-refractivity contribution >= 4 is 42.1 Å². The molecule has 1 aliphatic rings. The molecule has 0 aromatic carbocycles. The molecule has 2 N–H and O–H groups in total. The normalized spacial score (nSPS) is 21.7. The molecule has 1 aliphatic carbocycles. The minimum Gasteiger partial charge on any atom is -0.338 e. The van der Waals surface area contributed by atoms with E-state index in [1.807, 2.05) is 25.8 Å². The summed E-state index contributed by atoms with van der Waals surface area (Å²) >= 11 is 1.68. The van der Waals surface area contributed by atoms with Crippen molar-refractivity contribution in [2.75, 3.05) is 7.05 Å². The second kappa shape index (κ2) is 9.06. The standard InChI is InChI=1S/C15H25N3OS.2ClH/c1-9-15(20-11(3)17-9)10(2)18(4)14(19)8-12-6-5-7-13(12)16;;/h10,12-13H,5-8,16H2,1-4H3;2*1H/t10?,12-,13+;;/m0../s1. The van der Waals surface area contributed by atoms with Gasteiger partial charge in [-0.1, -0.05) is 6.42 Å². The van der Waals surface area contributed by atoms with E-state index < -0.39 is 0 Å². The number of hydrogen-bond donors (Lipinski definition) is 1. The fourth-order valence-electron chi connectivity index (χ4n) is 3.01. The number of thiazole rings is 1. The third-order valence-corrected chi connectivity index (χ3v) is 5.69. The van der Waals surface area contributed by atoms with E-state index in [1.165, 1.54) is 4.88 Å². The van der Waals surface area contributed by atoms with Crippen LogP contribution in [0.2, 0.25) is 0 Å². The van der Waals surface area contributed by atoms with Crippen LogP contribution in [-0.2, 0) is 4.79 Å². The van der Waals surface area contributed by atoms with Crippen molar-refractivity contribution in [1.82, 2.24) is 9.88 Å². The molecule has 0 radical (unpaired) electrons. The van der Waals surface area contributed by atoms with Gasteiger partial charge in [-0.2, -0.15) is 0 Å². The van der Waals surface area contributed by atoms with Crippen LogP contribution in [-0.4, -0.2) is 28.9 Å². The fourth-order valence-corrected chi connectivity index (χ4v) is 4.04. The molecule has 128 valence electrons. The average molecular weight is 368 g/mol. The second-order valence-electron chi connectivity index (χ2n) is 5.92. The van der Waals surface area contributed by atoms with Crippen molar-refractivity contribution in [1.29, 1.82) is 0 Å². The van der Waals surface area contributed by atoms with Gasteiger partial charge in [0, 0.05) is 24.4 Å². The van der Waals surface area contributed by atoms with Gasteiger partial charge in [0.05, 0.1) is 16.7 Å². The van der Waals surface area contributed by atoms with Gasteiger partial charge in [0.1, 0.15) is 0 Å². The van der Waals surface area contributed by atoms with Gasteiger partial charge in [-0.3, -0.25) is 4.79 Å². The molecule has 1 aromatic heterocycles. The minimum atomic E-state index is 0. The van der Waals surface area contributed by atoms with Crippen LogP contribution in [0.3, 0.4) is 0 Å². The first-order valence-corrected chi connectivity index (χ1v) is 8.17. The summed E-state index contributed by atoms with van der Waals surface area (Å²) in [4.78, 5) is 19.9. The number of rotatable bonds is 4. The van der Waals surface area contributed by atoms with E-state index in [-0.39, 0.29) is 42.8 Å². The largest absolute Gasteiger partial charge is 0.338 e. The van der Waals surface area contributed by atoms with Gasteiger partial charge in [-0.05, 0) is 39.5 Å². The first kappa shape index (κ1) is 21.6. The molecule has 1 saturated carbocycles. The SMILES string of the molecule is Cc1nc(C)c(C(C)N(C)C(=O)C[C@@H]2CCC[C@H]2N)s1.Cl.Cl. The molecule has 0 saturated heterocycles. The van der Waals surface area contributed by atoms with Gasteiger partial charge in [0.15, 0.2) is 0 Å². The first-order chi connectivity index (χ1) is 9.40. The molecule has 22 heavy (non-hydrogen) atoms. The van der Waals surface area contributed by atoms with Gasteiger partial charge < -0.3 is 10.6 Å². The van der Waals surface area contributed by atoms with Crippen LogP contribution >= 0.6 is 36.2 Å². The molecular weight excluding hydrogens is 341 g/mol. The molecule has 1 unspecified atom stereocenters. The van der Waals surface area contributed by atoms with Crippen LogP contribution in [0.1, 0.15) is 54.2 Å². The summed E-state index contributed by atoms with van der Waals surface area (Å²) in [5, 5.41) is 1.06. The van der Waals surface area contributed by atoms with E-state index in [0.717, 1.165) is 30.0 Å². The number of amides is 1. The lowest BCUT2D eigenvalue weighted by Gasteiger charge is -2.26. The lowest BCUT2D eigenvalue weighted by atomic mass is 9.99. The molecule has 0 spiro atoms. The van der Waals surface area contributed by atoms with Crippen LogP contribution in [0.15, 0.2) is 0 Å². The highest BCUT2D eigenvalue weighted by Crippen LogP contribution is 2.31. The highest BCUT2D eigenvalue weighted by Gasteiger charge is 2.29. The summed E-state index contributed by atoms with van der Waals surface area (Å²) in [5.41, 5.74) is 7.10. The van der Waals surface area contributed by atoms with Crippen molar-refractivity contribution < 1.29 is 4.79 Å². The van der Waals surface area contributed by atoms with Crippen molar-refractivity contribution in [3.63, 3.8) is 0 Å².